The van der Waals surface area contributed by atoms with Gasteiger partial charge in [-0.15, -0.1) is 0 Å². The number of hydrogen-bond donors (Lipinski definition) is 1. The van der Waals surface area contributed by atoms with Crippen molar-refractivity contribution in [3.63, 3.8) is 0 Å². The van der Waals surface area contributed by atoms with Crippen molar-refractivity contribution in [3.8, 4) is 17.0 Å². The summed E-state index contributed by atoms with van der Waals surface area (Å²) < 4.78 is 18.5. The molecule has 6 nitrogen and oxygen atoms in total. The van der Waals surface area contributed by atoms with Gasteiger partial charge in [0.2, 0.25) is 5.91 Å². The zero-order valence-corrected chi connectivity index (χ0v) is 17.5. The van der Waals surface area contributed by atoms with Gasteiger partial charge in [0.05, 0.1) is 5.69 Å². The number of benzene rings is 2. The first-order chi connectivity index (χ1) is 15.5. The van der Waals surface area contributed by atoms with Crippen molar-refractivity contribution in [2.45, 2.75) is 18.8 Å². The van der Waals surface area contributed by atoms with E-state index in [1.54, 1.807) is 23.1 Å². The Hall–Kier alpha value is -3.74. The van der Waals surface area contributed by atoms with Crippen LogP contribution in [0.3, 0.4) is 0 Å². The molecule has 1 aliphatic heterocycles. The molecule has 3 aromatic rings. The SMILES string of the molecule is NC(=O)c1cccc(-c2cccc(C3CCCN(C(=O)COc4ccc(F)cc4)C3)n2)c1. The van der Waals surface area contributed by atoms with Crippen molar-refractivity contribution in [1.29, 1.82) is 0 Å². The second kappa shape index (κ2) is 9.60. The van der Waals surface area contributed by atoms with Crippen molar-refractivity contribution in [2.24, 2.45) is 5.73 Å². The van der Waals surface area contributed by atoms with Crippen molar-refractivity contribution in [2.75, 3.05) is 19.7 Å². The largest absolute Gasteiger partial charge is 0.484 e. The Morgan fingerprint density at radius 1 is 1.09 bits per heavy atom. The Bertz CT molecular complexity index is 1120. The molecule has 1 fully saturated rings. The number of carbonyl (C=O) groups excluding carboxylic acids is 2. The number of likely N-dealkylation sites (tertiary alicyclic amines) is 1. The molecule has 2 aromatic carbocycles. The minimum atomic E-state index is -0.479. The molecule has 1 aliphatic rings. The van der Waals surface area contributed by atoms with E-state index in [-0.39, 0.29) is 24.2 Å². The molecule has 2 N–H and O–H groups in total. The Kier molecular flexibility index (Phi) is 6.44. The number of ether oxygens (including phenoxy) is 1. The van der Waals surface area contributed by atoms with E-state index < -0.39 is 5.91 Å². The van der Waals surface area contributed by atoms with Crippen LogP contribution in [0.2, 0.25) is 0 Å². The summed E-state index contributed by atoms with van der Waals surface area (Å²) in [6, 6.07) is 18.5. The van der Waals surface area contributed by atoms with Gasteiger partial charge in [-0.25, -0.2) is 4.39 Å². The Labute approximate surface area is 185 Å². The fourth-order valence-corrected chi connectivity index (χ4v) is 3.88. The highest BCUT2D eigenvalue weighted by molar-refractivity contribution is 5.94. The molecular weight excluding hydrogens is 409 g/mol. The summed E-state index contributed by atoms with van der Waals surface area (Å²) in [5.74, 6) is -0.367. The fraction of sp³-hybridized carbons (Fsp3) is 0.240. The van der Waals surface area contributed by atoms with Crippen LogP contribution >= 0.6 is 0 Å². The van der Waals surface area contributed by atoms with E-state index in [9.17, 15) is 14.0 Å². The molecule has 0 radical (unpaired) electrons. The van der Waals surface area contributed by atoms with E-state index in [4.69, 9.17) is 15.5 Å². The van der Waals surface area contributed by atoms with Gasteiger partial charge in [0.25, 0.3) is 5.91 Å². The smallest absolute Gasteiger partial charge is 0.260 e. The summed E-state index contributed by atoms with van der Waals surface area (Å²) in [6.07, 6.45) is 1.80. The summed E-state index contributed by atoms with van der Waals surface area (Å²) in [4.78, 5) is 30.8. The number of nitrogens with zero attached hydrogens (tertiary/aromatic N) is 2. The fourth-order valence-electron chi connectivity index (χ4n) is 3.88. The van der Waals surface area contributed by atoms with Gasteiger partial charge < -0.3 is 15.4 Å². The average Bonchev–Trinajstić information content (AvgIpc) is 2.84. The maximum atomic E-state index is 13.0. The number of rotatable bonds is 6. The quantitative estimate of drug-likeness (QED) is 0.641. The second-order valence-corrected chi connectivity index (χ2v) is 7.81. The van der Waals surface area contributed by atoms with E-state index in [0.29, 0.717) is 24.4 Å². The average molecular weight is 433 g/mol. The van der Waals surface area contributed by atoms with E-state index in [2.05, 4.69) is 0 Å². The second-order valence-electron chi connectivity index (χ2n) is 7.81. The van der Waals surface area contributed by atoms with Crippen molar-refractivity contribution in [1.82, 2.24) is 9.88 Å². The van der Waals surface area contributed by atoms with Gasteiger partial charge in [0.1, 0.15) is 11.6 Å². The van der Waals surface area contributed by atoms with Crippen LogP contribution in [-0.2, 0) is 4.79 Å². The number of carbonyl (C=O) groups is 2. The van der Waals surface area contributed by atoms with Crippen LogP contribution in [0, 0.1) is 5.82 Å². The van der Waals surface area contributed by atoms with Crippen molar-refractivity contribution in [3.05, 3.63) is 83.8 Å². The van der Waals surface area contributed by atoms with Gasteiger partial charge in [-0.3, -0.25) is 14.6 Å². The highest BCUT2D eigenvalue weighted by Crippen LogP contribution is 2.28. The van der Waals surface area contributed by atoms with Crippen LogP contribution in [0.4, 0.5) is 4.39 Å². The van der Waals surface area contributed by atoms with E-state index in [1.807, 2.05) is 24.3 Å². The minimum Gasteiger partial charge on any atom is -0.484 e. The van der Waals surface area contributed by atoms with Gasteiger partial charge in [0.15, 0.2) is 6.61 Å². The number of piperidine rings is 1. The third-order valence-electron chi connectivity index (χ3n) is 5.58. The lowest BCUT2D eigenvalue weighted by Gasteiger charge is -2.32. The normalized spacial score (nSPS) is 15.9. The van der Waals surface area contributed by atoms with Gasteiger partial charge in [-0.1, -0.05) is 18.2 Å². The molecule has 0 spiro atoms. The first-order valence-electron chi connectivity index (χ1n) is 10.5. The lowest BCUT2D eigenvalue weighted by Crippen LogP contribution is -2.41. The first kappa shape index (κ1) is 21.5. The van der Waals surface area contributed by atoms with Crippen LogP contribution in [-0.4, -0.2) is 41.4 Å². The monoisotopic (exact) mass is 433 g/mol. The van der Waals surface area contributed by atoms with Gasteiger partial charge in [-0.05, 0) is 61.4 Å². The molecule has 4 rings (SSSR count). The molecular formula is C25H24FN3O3. The number of pyridine rings is 1. The highest BCUT2D eigenvalue weighted by Gasteiger charge is 2.26. The van der Waals surface area contributed by atoms with Crippen LogP contribution in [0.15, 0.2) is 66.7 Å². The zero-order valence-electron chi connectivity index (χ0n) is 17.5. The Morgan fingerprint density at radius 2 is 1.88 bits per heavy atom. The molecule has 0 saturated carbocycles. The summed E-state index contributed by atoms with van der Waals surface area (Å²) >= 11 is 0. The third kappa shape index (κ3) is 5.11. The Balaban J connectivity index is 1.43. The number of nitrogens with two attached hydrogens (primary N) is 1. The van der Waals surface area contributed by atoms with Gasteiger partial charge in [-0.2, -0.15) is 0 Å². The zero-order chi connectivity index (χ0) is 22.5. The van der Waals surface area contributed by atoms with Crippen molar-refractivity contribution >= 4 is 11.8 Å². The van der Waals surface area contributed by atoms with E-state index in [0.717, 1.165) is 29.8 Å². The molecule has 1 unspecified atom stereocenters. The molecule has 32 heavy (non-hydrogen) atoms. The molecule has 2 heterocycles. The molecule has 0 bridgehead atoms. The molecule has 1 saturated heterocycles. The van der Waals surface area contributed by atoms with E-state index in [1.165, 1.54) is 24.3 Å². The molecule has 7 heteroatoms. The predicted molar refractivity (Wildman–Crippen MR) is 119 cm³/mol. The minimum absolute atomic E-state index is 0.0915. The maximum absolute atomic E-state index is 13.0. The van der Waals surface area contributed by atoms with Gasteiger partial charge >= 0.3 is 0 Å². The topological polar surface area (TPSA) is 85.5 Å². The highest BCUT2D eigenvalue weighted by atomic mass is 19.1. The predicted octanol–water partition coefficient (Wildman–Crippen LogP) is 3.77. The number of halogens is 1. The van der Waals surface area contributed by atoms with E-state index >= 15 is 0 Å². The molecule has 2 amide bonds. The number of amides is 2. The standard InChI is InChI=1S/C25H24FN3O3/c26-20-9-11-21(12-10-20)32-16-24(30)29-13-3-6-19(15-29)23-8-2-7-22(28-23)17-4-1-5-18(14-17)25(27)31/h1-2,4-5,7-12,14,19H,3,6,13,15-16H2,(H2,27,31). The van der Waals surface area contributed by atoms with Crippen LogP contribution < -0.4 is 10.5 Å². The van der Waals surface area contributed by atoms with Crippen molar-refractivity contribution < 1.29 is 18.7 Å². The summed E-state index contributed by atoms with van der Waals surface area (Å²) in [5.41, 5.74) is 8.31. The van der Waals surface area contributed by atoms with Crippen LogP contribution in [0.5, 0.6) is 5.75 Å². The summed E-state index contributed by atoms with van der Waals surface area (Å²) in [6.45, 7) is 1.14. The summed E-state index contributed by atoms with van der Waals surface area (Å²) in [7, 11) is 0. The van der Waals surface area contributed by atoms with Crippen LogP contribution in [0.1, 0.15) is 34.8 Å². The summed E-state index contributed by atoms with van der Waals surface area (Å²) in [5, 5.41) is 0. The molecule has 1 aromatic heterocycles. The number of aromatic nitrogens is 1. The lowest BCUT2D eigenvalue weighted by atomic mass is 9.93. The first-order valence-corrected chi connectivity index (χ1v) is 10.5. The maximum Gasteiger partial charge on any atom is 0.260 e. The molecule has 1 atom stereocenters. The number of primary amides is 1. The third-order valence-corrected chi connectivity index (χ3v) is 5.58. The number of hydrogen-bond acceptors (Lipinski definition) is 4. The van der Waals surface area contributed by atoms with Gasteiger partial charge in [0, 0.05) is 35.8 Å². The van der Waals surface area contributed by atoms with Crippen LogP contribution in [0.25, 0.3) is 11.3 Å². The molecule has 0 aliphatic carbocycles. The lowest BCUT2D eigenvalue weighted by molar-refractivity contribution is -0.134. The Morgan fingerprint density at radius 3 is 2.66 bits per heavy atom. The molecule has 164 valence electrons.